The average Bonchev–Trinajstić information content (AvgIpc) is 3.33. The largest absolute Gasteiger partial charge is 0.496 e. The summed E-state index contributed by atoms with van der Waals surface area (Å²) >= 11 is 0. The first-order valence-electron chi connectivity index (χ1n) is 10.6. The van der Waals surface area contributed by atoms with Gasteiger partial charge in [-0.15, -0.1) is 24.0 Å². The van der Waals surface area contributed by atoms with E-state index in [4.69, 9.17) is 14.5 Å². The van der Waals surface area contributed by atoms with Gasteiger partial charge in [0.05, 0.1) is 26.8 Å². The molecular formula is C23H34IN5O2. The summed E-state index contributed by atoms with van der Waals surface area (Å²) in [4.78, 5) is 11.5. The normalized spacial score (nSPS) is 15.1. The number of nitrogens with zero attached hydrogens (tertiary/aromatic N) is 3. The molecule has 1 aliphatic rings. The number of nitrogens with one attached hydrogen (secondary N) is 2. The number of para-hydroxylation sites is 1. The lowest BCUT2D eigenvalue weighted by Crippen LogP contribution is -2.42. The molecule has 31 heavy (non-hydrogen) atoms. The Balaban J connectivity index is 0.00000341. The first-order chi connectivity index (χ1) is 14.7. The number of rotatable bonds is 9. The molecule has 0 amide bonds. The van der Waals surface area contributed by atoms with E-state index in [-0.39, 0.29) is 30.0 Å². The Morgan fingerprint density at radius 1 is 1.10 bits per heavy atom. The number of hydrogen-bond acceptors (Lipinski definition) is 5. The van der Waals surface area contributed by atoms with Crippen LogP contribution < -0.4 is 20.1 Å². The van der Waals surface area contributed by atoms with Crippen LogP contribution in [0.15, 0.2) is 47.6 Å². The molecule has 1 atom stereocenters. The van der Waals surface area contributed by atoms with Gasteiger partial charge in [0.2, 0.25) is 5.88 Å². The van der Waals surface area contributed by atoms with Crippen molar-refractivity contribution in [2.45, 2.75) is 32.4 Å². The van der Waals surface area contributed by atoms with Crippen LogP contribution in [0.4, 0.5) is 0 Å². The van der Waals surface area contributed by atoms with Crippen LogP contribution in [0.5, 0.6) is 11.6 Å². The number of ether oxygens (including phenoxy) is 2. The van der Waals surface area contributed by atoms with Gasteiger partial charge in [0.25, 0.3) is 0 Å². The molecule has 1 unspecified atom stereocenters. The Kier molecular flexibility index (Phi) is 10.9. The monoisotopic (exact) mass is 539 g/mol. The predicted molar refractivity (Wildman–Crippen MR) is 136 cm³/mol. The maximum Gasteiger partial charge on any atom is 0.212 e. The molecule has 0 radical (unpaired) electrons. The SMILES string of the molecule is CCNC(=NCc1ccc(OC)nc1)NCC(c1ccccc1OC)N1CCCC1.I. The standard InChI is InChI=1S/C23H33N5O2.HI/c1-4-24-23(26-16-18-11-12-22(30-3)25-15-18)27-17-20(28-13-7-8-14-28)19-9-5-6-10-21(19)29-2;/h5-6,9-12,15,20H,4,7-8,13-14,16-17H2,1-3H3,(H2,24,26,27);1H. The van der Waals surface area contributed by atoms with E-state index in [2.05, 4.69) is 39.6 Å². The lowest BCUT2D eigenvalue weighted by atomic mass is 10.0. The van der Waals surface area contributed by atoms with Crippen LogP contribution in [0.1, 0.15) is 36.9 Å². The quantitative estimate of drug-likeness (QED) is 0.288. The average molecular weight is 539 g/mol. The van der Waals surface area contributed by atoms with Gasteiger partial charge in [0.15, 0.2) is 5.96 Å². The highest BCUT2D eigenvalue weighted by Crippen LogP contribution is 2.31. The van der Waals surface area contributed by atoms with Crippen LogP contribution >= 0.6 is 24.0 Å². The minimum Gasteiger partial charge on any atom is -0.496 e. The molecule has 2 N–H and O–H groups in total. The van der Waals surface area contributed by atoms with Crippen molar-refractivity contribution in [1.29, 1.82) is 0 Å². The second-order valence-electron chi connectivity index (χ2n) is 7.29. The second-order valence-corrected chi connectivity index (χ2v) is 7.29. The number of likely N-dealkylation sites (tertiary alicyclic amines) is 1. The van der Waals surface area contributed by atoms with Crippen molar-refractivity contribution in [2.24, 2.45) is 4.99 Å². The zero-order valence-electron chi connectivity index (χ0n) is 18.6. The lowest BCUT2D eigenvalue weighted by molar-refractivity contribution is 0.239. The van der Waals surface area contributed by atoms with Crippen LogP contribution in [-0.4, -0.2) is 56.2 Å². The van der Waals surface area contributed by atoms with Crippen molar-refractivity contribution >= 4 is 29.9 Å². The van der Waals surface area contributed by atoms with Crippen molar-refractivity contribution < 1.29 is 9.47 Å². The van der Waals surface area contributed by atoms with Gasteiger partial charge in [0, 0.05) is 30.9 Å². The molecule has 1 saturated heterocycles. The number of methoxy groups -OCH3 is 2. The fourth-order valence-electron chi connectivity index (χ4n) is 3.76. The predicted octanol–water partition coefficient (Wildman–Crippen LogP) is 3.61. The van der Waals surface area contributed by atoms with Crippen LogP contribution in [0.3, 0.4) is 0 Å². The molecule has 8 heteroatoms. The molecule has 0 spiro atoms. The summed E-state index contributed by atoms with van der Waals surface area (Å²) in [7, 11) is 3.35. The van der Waals surface area contributed by atoms with Gasteiger partial charge < -0.3 is 20.1 Å². The molecule has 1 aliphatic heterocycles. The first-order valence-corrected chi connectivity index (χ1v) is 10.6. The van der Waals surface area contributed by atoms with E-state index in [0.29, 0.717) is 12.4 Å². The van der Waals surface area contributed by atoms with Crippen molar-refractivity contribution in [1.82, 2.24) is 20.5 Å². The molecule has 2 aromatic rings. The molecule has 1 fully saturated rings. The fourth-order valence-corrected chi connectivity index (χ4v) is 3.76. The van der Waals surface area contributed by atoms with Crippen molar-refractivity contribution in [3.63, 3.8) is 0 Å². The maximum absolute atomic E-state index is 5.65. The fraction of sp³-hybridized carbons (Fsp3) is 0.478. The minimum absolute atomic E-state index is 0. The molecule has 2 heterocycles. The number of guanidine groups is 1. The Bertz CT molecular complexity index is 810. The smallest absolute Gasteiger partial charge is 0.212 e. The molecule has 7 nitrogen and oxygen atoms in total. The summed E-state index contributed by atoms with van der Waals surface area (Å²) in [6, 6.07) is 12.4. The van der Waals surface area contributed by atoms with Crippen LogP contribution in [-0.2, 0) is 6.54 Å². The highest BCUT2D eigenvalue weighted by atomic mass is 127. The van der Waals surface area contributed by atoms with E-state index in [0.717, 1.165) is 43.5 Å². The Morgan fingerprint density at radius 3 is 2.52 bits per heavy atom. The first kappa shape index (κ1) is 25.2. The summed E-state index contributed by atoms with van der Waals surface area (Å²) in [5.41, 5.74) is 2.25. The van der Waals surface area contributed by atoms with Crippen LogP contribution in [0, 0.1) is 0 Å². The molecule has 1 aromatic carbocycles. The molecule has 3 rings (SSSR count). The van der Waals surface area contributed by atoms with Gasteiger partial charge in [-0.25, -0.2) is 9.98 Å². The van der Waals surface area contributed by atoms with E-state index < -0.39 is 0 Å². The summed E-state index contributed by atoms with van der Waals surface area (Å²) in [5.74, 6) is 2.34. The molecule has 0 bridgehead atoms. The molecular weight excluding hydrogens is 505 g/mol. The van der Waals surface area contributed by atoms with E-state index in [9.17, 15) is 0 Å². The number of aromatic nitrogens is 1. The second kappa shape index (κ2) is 13.4. The molecule has 0 aliphatic carbocycles. The highest BCUT2D eigenvalue weighted by Gasteiger charge is 2.26. The van der Waals surface area contributed by atoms with Gasteiger partial charge in [-0.3, -0.25) is 4.90 Å². The molecule has 0 saturated carbocycles. The summed E-state index contributed by atoms with van der Waals surface area (Å²) in [6.07, 6.45) is 4.28. The number of aliphatic imine (C=N–C) groups is 1. The van der Waals surface area contributed by atoms with E-state index in [1.807, 2.05) is 24.3 Å². The van der Waals surface area contributed by atoms with E-state index >= 15 is 0 Å². The van der Waals surface area contributed by atoms with Gasteiger partial charge in [-0.1, -0.05) is 24.3 Å². The summed E-state index contributed by atoms with van der Waals surface area (Å²) in [5, 5.41) is 6.88. The third-order valence-electron chi connectivity index (χ3n) is 5.31. The van der Waals surface area contributed by atoms with Crippen molar-refractivity contribution in [3.8, 4) is 11.6 Å². The van der Waals surface area contributed by atoms with Crippen LogP contribution in [0.2, 0.25) is 0 Å². The van der Waals surface area contributed by atoms with Gasteiger partial charge in [-0.05, 0) is 44.5 Å². The van der Waals surface area contributed by atoms with E-state index in [1.165, 1.54) is 18.4 Å². The zero-order chi connectivity index (χ0) is 21.2. The molecule has 1 aromatic heterocycles. The van der Waals surface area contributed by atoms with Gasteiger partial charge in [0.1, 0.15) is 5.75 Å². The van der Waals surface area contributed by atoms with Gasteiger partial charge >= 0.3 is 0 Å². The topological polar surface area (TPSA) is 71.0 Å². The highest BCUT2D eigenvalue weighted by molar-refractivity contribution is 14.0. The third-order valence-corrected chi connectivity index (χ3v) is 5.31. The molecule has 170 valence electrons. The zero-order valence-corrected chi connectivity index (χ0v) is 21.0. The van der Waals surface area contributed by atoms with Crippen molar-refractivity contribution in [3.05, 3.63) is 53.7 Å². The number of benzene rings is 1. The van der Waals surface area contributed by atoms with E-state index in [1.54, 1.807) is 20.4 Å². The Morgan fingerprint density at radius 2 is 1.87 bits per heavy atom. The van der Waals surface area contributed by atoms with Gasteiger partial charge in [-0.2, -0.15) is 0 Å². The summed E-state index contributed by atoms with van der Waals surface area (Å²) in [6.45, 7) is 6.40. The van der Waals surface area contributed by atoms with Crippen molar-refractivity contribution in [2.75, 3.05) is 40.4 Å². The minimum atomic E-state index is 0. The third kappa shape index (κ3) is 7.24. The number of pyridine rings is 1. The lowest BCUT2D eigenvalue weighted by Gasteiger charge is -2.30. The Labute approximate surface area is 202 Å². The van der Waals surface area contributed by atoms with Crippen LogP contribution in [0.25, 0.3) is 0 Å². The number of halogens is 1. The maximum atomic E-state index is 5.65. The summed E-state index contributed by atoms with van der Waals surface area (Å²) < 4.78 is 10.8. The number of hydrogen-bond donors (Lipinski definition) is 2. The Hall–Kier alpha value is -2.07.